The van der Waals surface area contributed by atoms with Gasteiger partial charge in [-0.25, -0.2) is 4.68 Å². The molecule has 0 unspecified atom stereocenters. The molecule has 68 valence electrons. The number of H-pyrrole nitrogens is 1. The summed E-state index contributed by atoms with van der Waals surface area (Å²) in [6, 6.07) is 0. The van der Waals surface area contributed by atoms with Crippen molar-refractivity contribution < 1.29 is 4.52 Å². The van der Waals surface area contributed by atoms with E-state index in [1.165, 1.54) is 0 Å². The zero-order chi connectivity index (χ0) is 9.26. The van der Waals surface area contributed by atoms with Crippen LogP contribution in [-0.2, 0) is 6.54 Å². The molecule has 0 aliphatic carbocycles. The van der Waals surface area contributed by atoms with Crippen LogP contribution in [0.5, 0.6) is 0 Å². The van der Waals surface area contributed by atoms with Gasteiger partial charge in [-0.15, -0.1) is 0 Å². The Hall–Kier alpha value is -1.57. The molecule has 0 saturated heterocycles. The minimum Gasteiger partial charge on any atom is -0.340 e. The fourth-order valence-electron chi connectivity index (χ4n) is 0.866. The summed E-state index contributed by atoms with van der Waals surface area (Å²) in [7, 11) is 0. The van der Waals surface area contributed by atoms with Crippen LogP contribution in [0.25, 0.3) is 0 Å². The van der Waals surface area contributed by atoms with Crippen LogP contribution in [0.15, 0.2) is 4.52 Å². The summed E-state index contributed by atoms with van der Waals surface area (Å²) >= 11 is 4.86. The maximum atomic E-state index is 4.86. The molecule has 0 saturated carbocycles. The van der Waals surface area contributed by atoms with Gasteiger partial charge in [0.25, 0.3) is 0 Å². The Kier molecular flexibility index (Phi) is 1.89. The Morgan fingerprint density at radius 2 is 2.46 bits per heavy atom. The van der Waals surface area contributed by atoms with Crippen LogP contribution in [-0.4, -0.2) is 30.3 Å². The third kappa shape index (κ3) is 1.61. The first-order valence-corrected chi connectivity index (χ1v) is 3.93. The van der Waals surface area contributed by atoms with Crippen molar-refractivity contribution in [3.05, 3.63) is 16.5 Å². The van der Waals surface area contributed by atoms with E-state index in [1.807, 2.05) is 0 Å². The van der Waals surface area contributed by atoms with Crippen molar-refractivity contribution in [3.8, 4) is 0 Å². The van der Waals surface area contributed by atoms with E-state index in [-0.39, 0.29) is 0 Å². The van der Waals surface area contributed by atoms with Gasteiger partial charge < -0.3 is 4.52 Å². The normalized spacial score (nSPS) is 10.5. The predicted octanol–water partition coefficient (Wildman–Crippen LogP) is 0.0754. The molecule has 0 aliphatic heterocycles. The molecule has 0 bridgehead atoms. The van der Waals surface area contributed by atoms with Gasteiger partial charge in [0.2, 0.25) is 10.7 Å². The maximum Gasteiger partial charge on any atom is 0.238 e. The van der Waals surface area contributed by atoms with Gasteiger partial charge in [-0.05, 0) is 12.2 Å². The highest BCUT2D eigenvalue weighted by atomic mass is 32.1. The Bertz CT molecular complexity index is 455. The first-order chi connectivity index (χ1) is 6.25. The molecule has 0 atom stereocenters. The molecule has 0 aliphatic rings. The first kappa shape index (κ1) is 8.05. The summed E-state index contributed by atoms with van der Waals surface area (Å²) in [5, 5.41) is 13.4. The van der Waals surface area contributed by atoms with Crippen LogP contribution in [0.2, 0.25) is 0 Å². The van der Waals surface area contributed by atoms with Gasteiger partial charge in [-0.3, -0.25) is 0 Å². The van der Waals surface area contributed by atoms with Crippen LogP contribution in [0.3, 0.4) is 0 Å². The predicted molar refractivity (Wildman–Crippen MR) is 43.3 cm³/mol. The van der Waals surface area contributed by atoms with Gasteiger partial charge in [0.1, 0.15) is 6.54 Å². The number of tetrazole rings is 1. The molecule has 1 N–H and O–H groups in total. The average Bonchev–Trinajstić information content (AvgIpc) is 2.64. The highest BCUT2D eigenvalue weighted by molar-refractivity contribution is 7.71. The molecule has 8 heteroatoms. The van der Waals surface area contributed by atoms with Gasteiger partial charge in [-0.1, -0.05) is 15.5 Å². The van der Waals surface area contributed by atoms with Gasteiger partial charge in [0, 0.05) is 6.92 Å². The van der Waals surface area contributed by atoms with Gasteiger partial charge in [0.15, 0.2) is 5.82 Å². The molecule has 2 aromatic heterocycles. The summed E-state index contributed by atoms with van der Waals surface area (Å²) in [5.74, 6) is 1.06. The SMILES string of the molecule is Cc1nc(Cn2[nH]nnc2=S)no1. The minimum atomic E-state index is 0.363. The van der Waals surface area contributed by atoms with Crippen molar-refractivity contribution in [2.24, 2.45) is 0 Å². The molecule has 0 aromatic carbocycles. The molecule has 0 amide bonds. The fraction of sp³-hybridized carbons (Fsp3) is 0.400. The number of rotatable bonds is 2. The highest BCUT2D eigenvalue weighted by Gasteiger charge is 2.04. The zero-order valence-electron chi connectivity index (χ0n) is 6.76. The smallest absolute Gasteiger partial charge is 0.238 e. The number of nitrogens with zero attached hydrogens (tertiary/aromatic N) is 5. The van der Waals surface area contributed by atoms with E-state index in [9.17, 15) is 0 Å². The molecular weight excluding hydrogens is 192 g/mol. The second kappa shape index (κ2) is 3.05. The van der Waals surface area contributed by atoms with Crippen molar-refractivity contribution in [2.75, 3.05) is 0 Å². The minimum absolute atomic E-state index is 0.363. The second-order valence-corrected chi connectivity index (χ2v) is 2.76. The van der Waals surface area contributed by atoms with E-state index in [0.29, 0.717) is 23.0 Å². The zero-order valence-corrected chi connectivity index (χ0v) is 7.58. The van der Waals surface area contributed by atoms with Crippen LogP contribution in [0.4, 0.5) is 0 Å². The third-order valence-electron chi connectivity index (χ3n) is 1.40. The fourth-order valence-corrected chi connectivity index (χ4v) is 1.01. The lowest BCUT2D eigenvalue weighted by Crippen LogP contribution is -2.03. The van der Waals surface area contributed by atoms with Crippen LogP contribution in [0, 0.1) is 11.7 Å². The number of nitrogens with one attached hydrogen (secondary N) is 1. The number of hydrogen-bond acceptors (Lipinski definition) is 6. The van der Waals surface area contributed by atoms with Crippen LogP contribution >= 0.6 is 12.2 Å². The van der Waals surface area contributed by atoms with E-state index < -0.39 is 0 Å². The molecule has 0 fully saturated rings. The van der Waals surface area contributed by atoms with E-state index >= 15 is 0 Å². The summed E-state index contributed by atoms with van der Waals surface area (Å²) in [5.41, 5.74) is 0. The van der Waals surface area contributed by atoms with Gasteiger partial charge in [0.05, 0.1) is 0 Å². The quantitative estimate of drug-likeness (QED) is 0.687. The van der Waals surface area contributed by atoms with E-state index in [4.69, 9.17) is 16.7 Å². The summed E-state index contributed by atoms with van der Waals surface area (Å²) in [4.78, 5) is 4.01. The standard InChI is InChI=1S/C5H6N6OS/c1-3-6-4(8-12-3)2-11-5(13)7-9-10-11/h2H2,1H3,(H,7,10,13). The van der Waals surface area contributed by atoms with Crippen molar-refractivity contribution in [2.45, 2.75) is 13.5 Å². The number of aryl methyl sites for hydroxylation is 1. The lowest BCUT2D eigenvalue weighted by molar-refractivity contribution is 0.384. The molecule has 13 heavy (non-hydrogen) atoms. The van der Waals surface area contributed by atoms with Crippen LogP contribution in [0.1, 0.15) is 11.7 Å². The van der Waals surface area contributed by atoms with Crippen molar-refractivity contribution in [3.63, 3.8) is 0 Å². The molecule has 2 aromatic rings. The van der Waals surface area contributed by atoms with Gasteiger partial charge in [-0.2, -0.15) is 10.2 Å². The van der Waals surface area contributed by atoms with Crippen LogP contribution < -0.4 is 0 Å². The van der Waals surface area contributed by atoms with Crippen molar-refractivity contribution in [1.29, 1.82) is 0 Å². The molecule has 0 radical (unpaired) electrons. The molecular formula is C5H6N6OS. The van der Waals surface area contributed by atoms with E-state index in [2.05, 4.69) is 25.7 Å². The Morgan fingerprint density at radius 3 is 3.00 bits per heavy atom. The number of aromatic amines is 1. The lowest BCUT2D eigenvalue weighted by atomic mass is 10.6. The highest BCUT2D eigenvalue weighted by Crippen LogP contribution is 1.96. The monoisotopic (exact) mass is 198 g/mol. The van der Waals surface area contributed by atoms with Gasteiger partial charge >= 0.3 is 0 Å². The largest absolute Gasteiger partial charge is 0.340 e. The Balaban J connectivity index is 2.24. The summed E-state index contributed by atoms with van der Waals surface area (Å²) in [6.45, 7) is 2.12. The summed E-state index contributed by atoms with van der Waals surface area (Å²) < 4.78 is 6.69. The van der Waals surface area contributed by atoms with E-state index in [1.54, 1.807) is 11.6 Å². The average molecular weight is 198 g/mol. The Morgan fingerprint density at radius 1 is 1.62 bits per heavy atom. The van der Waals surface area contributed by atoms with Crippen molar-refractivity contribution in [1.82, 2.24) is 30.3 Å². The number of hydrogen-bond donors (Lipinski definition) is 1. The third-order valence-corrected chi connectivity index (χ3v) is 1.70. The summed E-state index contributed by atoms with van der Waals surface area (Å²) in [6.07, 6.45) is 0. The van der Waals surface area contributed by atoms with E-state index in [0.717, 1.165) is 0 Å². The molecule has 2 rings (SSSR count). The lowest BCUT2D eigenvalue weighted by Gasteiger charge is -1.92. The second-order valence-electron chi connectivity index (χ2n) is 2.40. The Labute approximate surface area is 77.7 Å². The number of aromatic nitrogens is 6. The molecule has 0 spiro atoms. The maximum absolute atomic E-state index is 4.86. The molecule has 2 heterocycles. The first-order valence-electron chi connectivity index (χ1n) is 3.53. The van der Waals surface area contributed by atoms with Crippen molar-refractivity contribution >= 4 is 12.2 Å². The molecule has 7 nitrogen and oxygen atoms in total. The topological polar surface area (TPSA) is 85.4 Å².